The van der Waals surface area contributed by atoms with Gasteiger partial charge in [0.15, 0.2) is 117 Å². The van der Waals surface area contributed by atoms with Crippen molar-refractivity contribution in [1.82, 2.24) is 24.9 Å². The number of nitrogens with zero attached hydrogens (tertiary/aromatic N) is 4. The number of carbonyl (C=O) groups excluding carboxylic acids is 5. The number of hydrogen-bond donors (Lipinski definition) is 11. The van der Waals surface area contributed by atoms with Crippen molar-refractivity contribution in [2.75, 3.05) is 58.9 Å². The Morgan fingerprint density at radius 3 is 0.876 bits per heavy atom. The number of piperidine rings is 5. The van der Waals surface area contributed by atoms with Gasteiger partial charge in [-0.05, 0) is 240 Å². The fraction of sp³-hybridized carbons (Fsp3) is 0.479. The molecular formula is C94H97Cl2N5O20. The van der Waals surface area contributed by atoms with E-state index in [0.717, 1.165) is 126 Å². The third kappa shape index (κ3) is 9.70. The molecule has 2 saturated carbocycles. The van der Waals surface area contributed by atoms with E-state index in [1.807, 2.05) is 42.5 Å². The lowest BCUT2D eigenvalue weighted by atomic mass is 9.51. The van der Waals surface area contributed by atoms with Gasteiger partial charge >= 0.3 is 0 Å². The lowest BCUT2D eigenvalue weighted by molar-refractivity contribution is -0.155. The van der Waals surface area contributed by atoms with Gasteiger partial charge in [-0.1, -0.05) is 42.5 Å². The molecular weight excluding hydrogens is 1590 g/mol. The maximum atomic E-state index is 12.6. The number of rotatable bonds is 8. The van der Waals surface area contributed by atoms with Crippen LogP contribution >= 0.6 is 24.8 Å². The molecule has 0 amide bonds. The Balaban J connectivity index is 0.0000000931. The van der Waals surface area contributed by atoms with Gasteiger partial charge in [-0.25, -0.2) is 0 Å². The monoisotopic (exact) mass is 1690 g/mol. The number of phenols is 5. The highest BCUT2D eigenvalue weighted by atomic mass is 35.5. The number of hydrogen-bond acceptors (Lipinski definition) is 25. The summed E-state index contributed by atoms with van der Waals surface area (Å²) < 4.78 is 29.7. The first-order chi connectivity index (χ1) is 57.2. The van der Waals surface area contributed by atoms with Crippen molar-refractivity contribution in [2.45, 2.75) is 206 Å². The summed E-state index contributed by atoms with van der Waals surface area (Å²) in [7, 11) is 0. The largest absolute Gasteiger partial charge is 0.504 e. The molecule has 0 unspecified atom stereocenters. The summed E-state index contributed by atoms with van der Waals surface area (Å²) in [5.74, 6) is 3.09. The van der Waals surface area contributed by atoms with E-state index in [1.165, 1.54) is 56.1 Å². The molecule has 11 N–H and O–H groups in total. The van der Waals surface area contributed by atoms with Gasteiger partial charge in [-0.15, -0.1) is 38.0 Å². The lowest BCUT2D eigenvalue weighted by Crippen LogP contribution is -2.75. The normalized spacial score (nSPS) is 39.4. The van der Waals surface area contributed by atoms with Crippen LogP contribution in [-0.4, -0.2) is 247 Å². The number of phenolic OH excluding ortho intramolecular Hbond substituents is 5. The Labute approximate surface area is 709 Å². The van der Waals surface area contributed by atoms with Gasteiger partial charge in [0.1, 0.15) is 28.0 Å². The van der Waals surface area contributed by atoms with Gasteiger partial charge in [0.25, 0.3) is 0 Å². The van der Waals surface area contributed by atoms with Crippen LogP contribution in [0.5, 0.6) is 57.5 Å². The van der Waals surface area contributed by atoms with Crippen molar-refractivity contribution in [3.05, 3.63) is 202 Å². The number of halogens is 2. The summed E-state index contributed by atoms with van der Waals surface area (Å²) in [5.41, 5.74) is -0.0114. The third-order valence-electron chi connectivity index (χ3n) is 32.7. The van der Waals surface area contributed by atoms with E-state index in [0.29, 0.717) is 93.2 Å². The molecule has 5 spiro atoms. The number of benzene rings is 5. The van der Waals surface area contributed by atoms with Gasteiger partial charge in [0.05, 0.1) is 27.1 Å². The van der Waals surface area contributed by atoms with E-state index in [-0.39, 0.29) is 113 Å². The van der Waals surface area contributed by atoms with Crippen LogP contribution in [0.4, 0.5) is 0 Å². The van der Waals surface area contributed by atoms with E-state index in [2.05, 4.69) is 38.1 Å². The molecule has 5 aromatic carbocycles. The van der Waals surface area contributed by atoms with E-state index in [4.69, 9.17) is 23.7 Å². The predicted octanol–water partition coefficient (Wildman–Crippen LogP) is 5.78. The van der Waals surface area contributed by atoms with Crippen molar-refractivity contribution in [1.29, 1.82) is 0 Å². The Hall–Kier alpha value is -9.19. The first-order valence-electron chi connectivity index (χ1n) is 42.5. The second-order valence-electron chi connectivity index (χ2n) is 37.7. The van der Waals surface area contributed by atoms with Crippen molar-refractivity contribution in [3.63, 3.8) is 0 Å². The lowest BCUT2D eigenvalue weighted by Gasteiger charge is -2.60. The highest BCUT2D eigenvalue weighted by molar-refractivity contribution is 6.02. The topological polar surface area (TPSA) is 359 Å². The Kier molecular flexibility index (Phi) is 17.3. The minimum atomic E-state index is -1.18. The molecule has 22 aliphatic rings. The Morgan fingerprint density at radius 2 is 0.603 bits per heavy atom. The standard InChI is InChI=1S/2C20H21NO4.2C19H19NO4.C16H15NO4.2ClH/c2*22-13-4-3-12-9-15-20(24)6-5-14(23)18-19(20,16(12)17(13)25-18)7-8-21(15)10-11-1-2-11;2*1-2-8-20-9-7-18-15-11-3-4-12(21)16(15)24-17(18)13(22)5-6-19(18,23)14(20)10-11;18-9-2-1-8-7-11-16(20)4-3-10(19)14-15(16,5-6-17-11)12(8)13(9)21-14;;/h2*3-6,11,15,18,22,24H,1-2,7-10H2;2*2-6,14,17,21,23H,1,7-10H2;1-4,11,14,17-18,20H,5-7H2;2*1H/t2*15-,18+,19+,20-;2*14-,17+,18+,19-;11-,14+,15+,16-;;/m11111../s1. The molecule has 10 aliphatic heterocycles. The molecule has 0 aromatic heterocycles. The average Bonchev–Trinajstić information content (AvgIpc) is 1.59. The van der Waals surface area contributed by atoms with Crippen LogP contribution in [-0.2, 0) is 83.2 Å². The van der Waals surface area contributed by atoms with Gasteiger partial charge in [-0.3, -0.25) is 43.6 Å². The molecule has 0 radical (unpaired) electrons. The fourth-order valence-electron chi connectivity index (χ4n) is 27.3. The van der Waals surface area contributed by atoms with Crippen LogP contribution in [0.3, 0.4) is 0 Å². The molecule has 25 nitrogen and oxygen atoms in total. The summed E-state index contributed by atoms with van der Waals surface area (Å²) in [4.78, 5) is 72.0. The number of ether oxygens (including phenoxy) is 5. The first kappa shape index (κ1) is 79.0. The summed E-state index contributed by atoms with van der Waals surface area (Å²) in [5, 5.41) is 113. The van der Waals surface area contributed by atoms with E-state index >= 15 is 0 Å². The predicted molar refractivity (Wildman–Crippen MR) is 442 cm³/mol. The van der Waals surface area contributed by atoms with E-state index < -0.39 is 85.6 Å². The molecule has 5 saturated heterocycles. The Morgan fingerprint density at radius 1 is 0.355 bits per heavy atom. The second kappa shape index (κ2) is 26.4. The smallest absolute Gasteiger partial charge is 0.196 e. The molecule has 10 bridgehead atoms. The van der Waals surface area contributed by atoms with Gasteiger partial charge in [-0.2, -0.15) is 0 Å². The molecule has 12 aliphatic carbocycles. The minimum Gasteiger partial charge on any atom is -0.504 e. The Bertz CT molecular complexity index is 5350. The summed E-state index contributed by atoms with van der Waals surface area (Å²) in [6, 6.07) is 17.2. The number of aromatic hydroxyl groups is 5. The number of aliphatic hydroxyl groups is 5. The van der Waals surface area contributed by atoms with Crippen LogP contribution in [0.25, 0.3) is 0 Å². The summed E-state index contributed by atoms with van der Waals surface area (Å²) >= 11 is 0. The number of likely N-dealkylation sites (tertiary alicyclic amines) is 4. The number of ketones is 5. The first-order valence-corrected chi connectivity index (χ1v) is 42.5. The maximum absolute atomic E-state index is 12.6. The summed E-state index contributed by atoms with van der Waals surface area (Å²) in [6.45, 7) is 15.0. The quantitative estimate of drug-likeness (QED) is 0.0820. The third-order valence-corrected chi connectivity index (χ3v) is 32.7. The van der Waals surface area contributed by atoms with Crippen LogP contribution < -0.4 is 29.0 Å². The molecule has 10 heterocycles. The van der Waals surface area contributed by atoms with Crippen LogP contribution in [0.1, 0.15) is 113 Å². The summed E-state index contributed by atoms with van der Waals surface area (Å²) in [6.07, 6.45) is 27.4. The van der Waals surface area contributed by atoms with Crippen molar-refractivity contribution >= 4 is 53.7 Å². The average molecular weight is 1690 g/mol. The molecule has 5 aromatic rings. The molecule has 20 atom stereocenters. The van der Waals surface area contributed by atoms with E-state index in [9.17, 15) is 75.0 Å². The van der Waals surface area contributed by atoms with Crippen molar-refractivity contribution in [2.24, 2.45) is 11.8 Å². The fourth-order valence-corrected chi connectivity index (χ4v) is 27.3. The number of carbonyl (C=O) groups is 5. The molecule has 7 fully saturated rings. The van der Waals surface area contributed by atoms with Crippen molar-refractivity contribution in [3.8, 4) is 57.5 Å². The van der Waals surface area contributed by atoms with Gasteiger partial charge in [0, 0.05) is 97.3 Å². The van der Waals surface area contributed by atoms with Crippen LogP contribution in [0.15, 0.2) is 147 Å². The van der Waals surface area contributed by atoms with Crippen molar-refractivity contribution < 1.29 is 98.7 Å². The molecule has 632 valence electrons. The molecule has 27 heteroatoms. The zero-order chi connectivity index (χ0) is 81.7. The van der Waals surface area contributed by atoms with Gasteiger partial charge in [0.2, 0.25) is 0 Å². The van der Waals surface area contributed by atoms with Crippen LogP contribution in [0, 0.1) is 11.8 Å². The zero-order valence-corrected chi connectivity index (χ0v) is 68.1. The zero-order valence-electron chi connectivity index (χ0n) is 66.5. The van der Waals surface area contributed by atoms with Gasteiger partial charge < -0.3 is 80.1 Å². The molecule has 27 rings (SSSR count). The highest BCUT2D eigenvalue weighted by Crippen LogP contribution is 2.70. The minimum absolute atomic E-state index is 0. The maximum Gasteiger partial charge on any atom is 0.196 e. The second-order valence-corrected chi connectivity index (χ2v) is 37.7. The highest BCUT2D eigenvalue weighted by Gasteiger charge is 2.78. The number of nitrogens with one attached hydrogen (secondary N) is 1. The SMILES string of the molecule is C=CCN1CC[C@]23c4c5ccc(O)c4O[C@H]2C(=O)C=C[C@@]3(O)[C@H]1C5.C=CCN1CC[C@]23c4c5ccc(O)c4O[C@H]2C(=O)C=C[C@@]3(O)[C@H]1C5.Cl.Cl.O=C1C=C[C@@]2(O)[C@H]3Cc4ccc(O)c5c4[C@@]2(CCN3)[C@H]1O5.O=C1C=C[C@@]2(O)[C@H]3Cc4ccc(O)c5c4[C@@]2(CCN3CC2CC2)[C@H]1O5.O=C1C=C[C@@]2(O)[C@H]3Cc4ccc(O)c5c4[C@@]2(CCN3CC2CC2)[C@H]1O5. The molecule has 121 heavy (non-hydrogen) atoms. The van der Waals surface area contributed by atoms with E-state index in [1.54, 1.807) is 60.7 Å². The van der Waals surface area contributed by atoms with Crippen LogP contribution in [0.2, 0.25) is 0 Å².